The molecule has 0 saturated heterocycles. The lowest BCUT2D eigenvalue weighted by molar-refractivity contribution is 1.17. The summed E-state index contributed by atoms with van der Waals surface area (Å²) >= 11 is 0. The van der Waals surface area contributed by atoms with Crippen LogP contribution >= 0.6 is 0 Å². The Labute approximate surface area is 315 Å². The Morgan fingerprint density at radius 1 is 0.315 bits per heavy atom. The summed E-state index contributed by atoms with van der Waals surface area (Å²) in [7, 11) is 0. The van der Waals surface area contributed by atoms with Crippen LogP contribution in [0.15, 0.2) is 182 Å². The summed E-state index contributed by atoms with van der Waals surface area (Å²) in [6.07, 6.45) is 4.40. The maximum absolute atomic E-state index is 2.38. The van der Waals surface area contributed by atoms with Crippen molar-refractivity contribution in [1.82, 2.24) is 9.13 Å². The minimum Gasteiger partial charge on any atom is -0.309 e. The third kappa shape index (κ3) is 5.52. The van der Waals surface area contributed by atoms with Gasteiger partial charge in [0.2, 0.25) is 0 Å². The van der Waals surface area contributed by atoms with Crippen molar-refractivity contribution < 1.29 is 0 Å². The van der Waals surface area contributed by atoms with Crippen molar-refractivity contribution in [2.75, 3.05) is 0 Å². The number of aromatic nitrogens is 2. The number of hydrogen-bond donors (Lipinski definition) is 0. The highest BCUT2D eigenvalue weighted by atomic mass is 15.0. The second-order valence-electron chi connectivity index (χ2n) is 14.4. The van der Waals surface area contributed by atoms with E-state index in [4.69, 9.17) is 0 Å². The van der Waals surface area contributed by atoms with E-state index in [0.29, 0.717) is 0 Å². The van der Waals surface area contributed by atoms with E-state index in [9.17, 15) is 0 Å². The largest absolute Gasteiger partial charge is 0.309 e. The summed E-state index contributed by atoms with van der Waals surface area (Å²) in [5.74, 6) is 0. The third-order valence-electron chi connectivity index (χ3n) is 10.8. The minimum atomic E-state index is 1.18. The Balaban J connectivity index is 0.906. The van der Waals surface area contributed by atoms with Gasteiger partial charge in [-0.05, 0) is 119 Å². The standard InChI is InChI=1S/C52H38N2/c1-35-9-7-11-43(31-35)53-49-15-5-3-13-45(49)47-33-41(27-29-51(47)53)39-23-19-37(20-24-39)17-18-38-21-25-40(26-22-38)42-28-30-52-48(34-42)46-14-4-6-16-50(46)54(52)44-12-8-10-36(2)32-44/h3-34H,1-2H3. The zero-order valence-corrected chi connectivity index (χ0v) is 30.4. The highest BCUT2D eigenvalue weighted by Gasteiger charge is 2.15. The number of hydrogen-bond acceptors (Lipinski definition) is 0. The maximum Gasteiger partial charge on any atom is 0.0541 e. The lowest BCUT2D eigenvalue weighted by Crippen LogP contribution is -1.94. The SMILES string of the molecule is Cc1cccc(-n2c3ccccc3c3cc(-c4ccc(C=Cc5ccc(-c6ccc7c(c6)c6ccccc6n7-c6cccc(C)c6)cc5)cc4)ccc32)c1. The van der Waals surface area contributed by atoms with E-state index >= 15 is 0 Å². The quantitative estimate of drug-likeness (QED) is 0.154. The molecule has 0 N–H and O–H groups in total. The molecule has 0 atom stereocenters. The van der Waals surface area contributed by atoms with Crippen molar-refractivity contribution in [3.05, 3.63) is 204 Å². The molecule has 0 aliphatic carbocycles. The fourth-order valence-electron chi connectivity index (χ4n) is 8.16. The summed E-state index contributed by atoms with van der Waals surface area (Å²) in [6.45, 7) is 4.30. The van der Waals surface area contributed by atoms with Gasteiger partial charge in [0.05, 0.1) is 22.1 Å². The lowest BCUT2D eigenvalue weighted by atomic mass is 10.00. The normalized spacial score (nSPS) is 11.8. The Bertz CT molecular complexity index is 2830. The molecule has 0 fully saturated rings. The molecule has 10 aromatic rings. The summed E-state index contributed by atoms with van der Waals surface area (Å²) in [4.78, 5) is 0. The lowest BCUT2D eigenvalue weighted by Gasteiger charge is -2.09. The molecule has 0 aliphatic rings. The summed E-state index contributed by atoms with van der Waals surface area (Å²) in [5.41, 5.74) is 17.0. The van der Waals surface area contributed by atoms with Crippen LogP contribution in [-0.4, -0.2) is 9.13 Å². The summed E-state index contributed by atoms with van der Waals surface area (Å²) in [6, 6.07) is 66.4. The van der Waals surface area contributed by atoms with Crippen LogP contribution in [0, 0.1) is 13.8 Å². The number of para-hydroxylation sites is 2. The average Bonchev–Trinajstić information content (AvgIpc) is 3.73. The molecular formula is C52H38N2. The highest BCUT2D eigenvalue weighted by molar-refractivity contribution is 6.11. The van der Waals surface area contributed by atoms with Crippen LogP contribution in [0.4, 0.5) is 0 Å². The second-order valence-corrected chi connectivity index (χ2v) is 14.4. The van der Waals surface area contributed by atoms with E-state index in [-0.39, 0.29) is 0 Å². The molecule has 0 bridgehead atoms. The summed E-state index contributed by atoms with van der Waals surface area (Å²) in [5, 5.41) is 5.08. The van der Waals surface area contributed by atoms with E-state index in [2.05, 4.69) is 217 Å². The molecule has 0 radical (unpaired) electrons. The van der Waals surface area contributed by atoms with Gasteiger partial charge < -0.3 is 9.13 Å². The summed E-state index contributed by atoms with van der Waals surface area (Å²) < 4.78 is 4.76. The molecule has 0 spiro atoms. The Morgan fingerprint density at radius 3 is 1.13 bits per heavy atom. The molecule has 8 aromatic carbocycles. The number of nitrogens with zero attached hydrogens (tertiary/aromatic N) is 2. The van der Waals surface area contributed by atoms with Crippen molar-refractivity contribution in [1.29, 1.82) is 0 Å². The molecule has 2 heterocycles. The van der Waals surface area contributed by atoms with E-state index in [1.807, 2.05) is 0 Å². The van der Waals surface area contributed by atoms with Gasteiger partial charge in [-0.2, -0.15) is 0 Å². The smallest absolute Gasteiger partial charge is 0.0541 e. The van der Waals surface area contributed by atoms with E-state index in [1.165, 1.54) is 99.5 Å². The molecular weight excluding hydrogens is 653 g/mol. The minimum absolute atomic E-state index is 1.18. The van der Waals surface area contributed by atoms with Crippen molar-refractivity contribution in [3.63, 3.8) is 0 Å². The Kier molecular flexibility index (Phi) is 7.63. The molecule has 0 unspecified atom stereocenters. The van der Waals surface area contributed by atoms with Gasteiger partial charge in [-0.25, -0.2) is 0 Å². The molecule has 0 saturated carbocycles. The van der Waals surface area contributed by atoms with Gasteiger partial charge in [-0.3, -0.25) is 0 Å². The van der Waals surface area contributed by atoms with Crippen molar-refractivity contribution >= 4 is 55.8 Å². The van der Waals surface area contributed by atoms with Crippen LogP contribution in [0.5, 0.6) is 0 Å². The molecule has 10 rings (SSSR count). The highest BCUT2D eigenvalue weighted by Crippen LogP contribution is 2.37. The van der Waals surface area contributed by atoms with E-state index < -0.39 is 0 Å². The molecule has 0 amide bonds. The Hall–Kier alpha value is -6.90. The number of aryl methyl sites for hydroxylation is 2. The van der Waals surface area contributed by atoms with Crippen molar-refractivity contribution in [3.8, 4) is 33.6 Å². The fraction of sp³-hybridized carbons (Fsp3) is 0.0385. The maximum atomic E-state index is 2.38. The van der Waals surface area contributed by atoms with Crippen molar-refractivity contribution in [2.45, 2.75) is 13.8 Å². The van der Waals surface area contributed by atoms with Crippen LogP contribution in [0.2, 0.25) is 0 Å². The van der Waals surface area contributed by atoms with Crippen LogP contribution in [-0.2, 0) is 0 Å². The van der Waals surface area contributed by atoms with E-state index in [0.717, 1.165) is 0 Å². The molecule has 2 heteroatoms. The van der Waals surface area contributed by atoms with Gasteiger partial charge in [-0.15, -0.1) is 0 Å². The molecule has 2 nitrogen and oxygen atoms in total. The Morgan fingerprint density at radius 2 is 0.704 bits per heavy atom. The molecule has 54 heavy (non-hydrogen) atoms. The predicted octanol–water partition coefficient (Wildman–Crippen LogP) is 14.0. The molecule has 2 aromatic heterocycles. The van der Waals surface area contributed by atoms with Crippen LogP contribution in [0.25, 0.3) is 89.4 Å². The van der Waals surface area contributed by atoms with Crippen LogP contribution in [0.3, 0.4) is 0 Å². The first-order valence-corrected chi connectivity index (χ1v) is 18.7. The molecule has 0 aliphatic heterocycles. The number of rotatable bonds is 6. The zero-order valence-electron chi connectivity index (χ0n) is 30.4. The van der Waals surface area contributed by atoms with Gasteiger partial charge in [0.1, 0.15) is 0 Å². The average molecular weight is 691 g/mol. The van der Waals surface area contributed by atoms with Gasteiger partial charge in [-0.1, -0.05) is 133 Å². The first-order valence-electron chi connectivity index (χ1n) is 18.7. The number of benzene rings is 8. The van der Waals surface area contributed by atoms with Crippen LogP contribution < -0.4 is 0 Å². The van der Waals surface area contributed by atoms with Gasteiger partial charge in [0, 0.05) is 32.9 Å². The monoisotopic (exact) mass is 690 g/mol. The topological polar surface area (TPSA) is 9.86 Å². The first-order chi connectivity index (χ1) is 26.6. The third-order valence-corrected chi connectivity index (χ3v) is 10.8. The first kappa shape index (κ1) is 31.8. The molecule has 256 valence electrons. The number of fused-ring (bicyclic) bond motifs is 6. The van der Waals surface area contributed by atoms with Crippen molar-refractivity contribution in [2.24, 2.45) is 0 Å². The second kappa shape index (κ2) is 12.9. The van der Waals surface area contributed by atoms with Gasteiger partial charge >= 0.3 is 0 Å². The zero-order chi connectivity index (χ0) is 36.2. The van der Waals surface area contributed by atoms with E-state index in [1.54, 1.807) is 0 Å². The predicted molar refractivity (Wildman–Crippen MR) is 231 cm³/mol. The van der Waals surface area contributed by atoms with Gasteiger partial charge in [0.25, 0.3) is 0 Å². The fourth-order valence-corrected chi connectivity index (χ4v) is 8.16. The van der Waals surface area contributed by atoms with Crippen LogP contribution in [0.1, 0.15) is 22.3 Å². The van der Waals surface area contributed by atoms with Gasteiger partial charge in [0.15, 0.2) is 0 Å².